The Balaban J connectivity index is 1.14. The topological polar surface area (TPSA) is 135 Å². The Morgan fingerprint density at radius 1 is 1.02 bits per heavy atom. The van der Waals surface area contributed by atoms with E-state index >= 15 is 0 Å². The van der Waals surface area contributed by atoms with Crippen molar-refractivity contribution < 1.29 is 19.4 Å². The van der Waals surface area contributed by atoms with Gasteiger partial charge in [0.05, 0.1) is 46.9 Å². The summed E-state index contributed by atoms with van der Waals surface area (Å²) in [6.07, 6.45) is 8.46. The zero-order valence-electron chi connectivity index (χ0n) is 28.1. The molecular weight excluding hydrogens is 677 g/mol. The van der Waals surface area contributed by atoms with Crippen LogP contribution in [-0.2, 0) is 17.9 Å². The van der Waals surface area contributed by atoms with Crippen LogP contribution in [0.4, 0.5) is 0 Å². The summed E-state index contributed by atoms with van der Waals surface area (Å²) in [5, 5.41) is 20.8. The Labute approximate surface area is 300 Å². The van der Waals surface area contributed by atoms with Crippen LogP contribution in [0.1, 0.15) is 43.9 Å². The highest BCUT2D eigenvalue weighted by Gasteiger charge is 2.37. The summed E-state index contributed by atoms with van der Waals surface area (Å²) in [4.78, 5) is 25.8. The monoisotopic (exact) mass is 715 g/mol. The lowest BCUT2D eigenvalue weighted by Gasteiger charge is -2.41. The van der Waals surface area contributed by atoms with Gasteiger partial charge in [0.2, 0.25) is 11.8 Å². The average Bonchev–Trinajstić information content (AvgIpc) is 3.71. The van der Waals surface area contributed by atoms with Crippen molar-refractivity contribution in [2.75, 3.05) is 20.8 Å². The summed E-state index contributed by atoms with van der Waals surface area (Å²) >= 11 is 14.2. The predicted octanol–water partition coefficient (Wildman–Crippen LogP) is 5.82. The molecule has 4 aromatic heterocycles. The van der Waals surface area contributed by atoms with E-state index < -0.39 is 5.60 Å². The van der Waals surface area contributed by atoms with Gasteiger partial charge in [0.25, 0.3) is 0 Å². The molecule has 50 heavy (non-hydrogen) atoms. The van der Waals surface area contributed by atoms with Crippen LogP contribution < -0.4 is 25.4 Å². The highest BCUT2D eigenvalue weighted by Crippen LogP contribution is 2.42. The number of methoxy groups -OCH3 is 2. The van der Waals surface area contributed by atoms with Crippen molar-refractivity contribution in [2.24, 2.45) is 0 Å². The average molecular weight is 717 g/mol. The quantitative estimate of drug-likeness (QED) is 0.126. The zero-order chi connectivity index (χ0) is 35.0. The van der Waals surface area contributed by atoms with Gasteiger partial charge in [-0.15, -0.1) is 0 Å². The number of aliphatic hydroxyl groups is 1. The number of benzene rings is 1. The molecule has 1 saturated heterocycles. The van der Waals surface area contributed by atoms with E-state index in [0.717, 1.165) is 52.8 Å². The molecule has 1 aliphatic heterocycles. The Kier molecular flexibility index (Phi) is 9.69. The number of rotatable bonds is 12. The maximum atomic E-state index is 11.5. The first-order valence-electron chi connectivity index (χ1n) is 16.6. The van der Waals surface area contributed by atoms with Crippen molar-refractivity contribution in [3.63, 3.8) is 0 Å². The van der Waals surface area contributed by atoms with Gasteiger partial charge >= 0.3 is 0 Å². The largest absolute Gasteiger partial charge is 0.493 e. The predicted molar refractivity (Wildman–Crippen MR) is 194 cm³/mol. The smallest absolute Gasteiger partial charge is 0.220 e. The zero-order valence-corrected chi connectivity index (χ0v) is 29.6. The van der Waals surface area contributed by atoms with E-state index in [0.29, 0.717) is 64.8 Å². The number of imidazole rings is 1. The molecule has 2 aliphatic rings. The lowest BCUT2D eigenvalue weighted by Crippen LogP contribution is -2.51. The van der Waals surface area contributed by atoms with E-state index in [4.69, 9.17) is 42.6 Å². The van der Waals surface area contributed by atoms with E-state index in [1.165, 1.54) is 0 Å². The summed E-state index contributed by atoms with van der Waals surface area (Å²) in [7, 11) is 3.21. The van der Waals surface area contributed by atoms with Crippen LogP contribution in [0.15, 0.2) is 61.1 Å². The summed E-state index contributed by atoms with van der Waals surface area (Å²) in [5.41, 5.74) is 6.04. The second-order valence-corrected chi connectivity index (χ2v) is 14.0. The van der Waals surface area contributed by atoms with Crippen LogP contribution in [0.3, 0.4) is 0 Å². The van der Waals surface area contributed by atoms with Crippen molar-refractivity contribution >= 4 is 34.8 Å². The first-order chi connectivity index (χ1) is 24.1. The number of fused-ring (bicyclic) bond motifs is 1. The molecule has 11 nitrogen and oxygen atoms in total. The summed E-state index contributed by atoms with van der Waals surface area (Å²) in [6, 6.07) is 13.8. The Hall–Kier alpha value is -4.26. The Morgan fingerprint density at radius 2 is 1.82 bits per heavy atom. The molecule has 1 amide bonds. The summed E-state index contributed by atoms with van der Waals surface area (Å²) < 4.78 is 13.3. The lowest BCUT2D eigenvalue weighted by atomic mass is 9.77. The van der Waals surface area contributed by atoms with Gasteiger partial charge in [-0.3, -0.25) is 9.78 Å². The molecule has 0 radical (unpaired) electrons. The van der Waals surface area contributed by atoms with Crippen LogP contribution in [0.25, 0.3) is 39.3 Å². The fourth-order valence-electron chi connectivity index (χ4n) is 6.81. The van der Waals surface area contributed by atoms with Crippen LogP contribution in [0, 0.1) is 0 Å². The summed E-state index contributed by atoms with van der Waals surface area (Å²) in [6.45, 7) is 3.65. The number of nitrogens with zero attached hydrogens (tertiary/aromatic N) is 4. The van der Waals surface area contributed by atoms with Gasteiger partial charge in [0.1, 0.15) is 0 Å². The van der Waals surface area contributed by atoms with Gasteiger partial charge < -0.3 is 34.9 Å². The van der Waals surface area contributed by atoms with E-state index in [1.807, 2.05) is 66.2 Å². The molecule has 1 aliphatic carbocycles. The second-order valence-electron chi connectivity index (χ2n) is 13.2. The minimum Gasteiger partial charge on any atom is -0.493 e. The molecular formula is C37H39Cl2N7O4. The Bertz CT molecular complexity index is 2060. The molecule has 0 bridgehead atoms. The molecule has 4 N–H and O–H groups in total. The SMILES string of the molecule is COc1nc(-c2cccc(-c3ccnc(-c4cc(OC)c5nc(CN[C@H]6C[C@](C)(O)C6)cn5c4)c3Cl)c2Cl)ccc1CNC[C@H]1CCC(=O)N1. The van der Waals surface area contributed by atoms with E-state index in [2.05, 4.69) is 20.9 Å². The molecule has 1 saturated carbocycles. The van der Waals surface area contributed by atoms with Gasteiger partial charge in [-0.1, -0.05) is 47.5 Å². The third-order valence-electron chi connectivity index (χ3n) is 9.38. The van der Waals surface area contributed by atoms with Crippen molar-refractivity contribution in [3.05, 3.63) is 82.4 Å². The van der Waals surface area contributed by atoms with Gasteiger partial charge in [0, 0.05) is 84.5 Å². The van der Waals surface area contributed by atoms with Crippen molar-refractivity contribution in [3.8, 4) is 45.3 Å². The van der Waals surface area contributed by atoms with E-state index in [9.17, 15) is 9.90 Å². The van der Waals surface area contributed by atoms with Crippen LogP contribution in [0.5, 0.6) is 11.6 Å². The number of nitrogens with one attached hydrogen (secondary N) is 3. The number of aromatic nitrogens is 4. The van der Waals surface area contributed by atoms with Gasteiger partial charge in [-0.2, -0.15) is 0 Å². The normalized spacial score (nSPS) is 20.2. The molecule has 2 fully saturated rings. The molecule has 260 valence electrons. The minimum absolute atomic E-state index is 0.0967. The number of pyridine rings is 3. The number of carbonyl (C=O) groups excluding carboxylic acids is 1. The molecule has 1 aromatic carbocycles. The number of amides is 1. The maximum absolute atomic E-state index is 11.5. The van der Waals surface area contributed by atoms with Crippen LogP contribution >= 0.6 is 23.2 Å². The molecule has 1 atom stereocenters. The standard InChI is InChI=1S/C37H39Cl2N7O4/c1-37(48)14-24(15-37)42-18-25-20-46-19-22(13-30(49-2)35(46)44-25)34-33(39)27(11-12-41-34)26-5-4-6-28(32(26)38)29-9-7-21(36(45-29)50-3)16-40-17-23-8-10-31(47)43-23/h4-7,9,11-13,19-20,23-24,40,42,48H,8,10,14-18H2,1-3H3,(H,43,47)/t23-,24-,37-/m1/s1. The number of hydrogen-bond acceptors (Lipinski definition) is 9. The third-order valence-corrected chi connectivity index (χ3v) is 10.2. The lowest BCUT2D eigenvalue weighted by molar-refractivity contribution is -0.119. The van der Waals surface area contributed by atoms with Crippen LogP contribution in [-0.4, -0.2) is 68.8 Å². The highest BCUT2D eigenvalue weighted by atomic mass is 35.5. The molecule has 13 heteroatoms. The second kappa shape index (κ2) is 14.2. The fourth-order valence-corrected chi connectivity index (χ4v) is 7.46. The number of carbonyl (C=O) groups is 1. The van der Waals surface area contributed by atoms with E-state index in [-0.39, 0.29) is 18.0 Å². The van der Waals surface area contributed by atoms with Gasteiger partial charge in [0.15, 0.2) is 11.4 Å². The van der Waals surface area contributed by atoms with Gasteiger partial charge in [-0.05, 0) is 44.4 Å². The van der Waals surface area contributed by atoms with Crippen LogP contribution in [0.2, 0.25) is 10.0 Å². The fraction of sp³-hybridized carbons (Fsp3) is 0.351. The molecule has 7 rings (SSSR count). The molecule has 5 aromatic rings. The van der Waals surface area contributed by atoms with E-state index in [1.54, 1.807) is 20.4 Å². The number of hydrogen-bond donors (Lipinski definition) is 4. The molecule has 0 spiro atoms. The number of halogens is 2. The number of ether oxygens (including phenoxy) is 2. The summed E-state index contributed by atoms with van der Waals surface area (Å²) in [5.74, 6) is 1.18. The van der Waals surface area contributed by atoms with Crippen molar-refractivity contribution in [1.82, 2.24) is 35.3 Å². The van der Waals surface area contributed by atoms with Crippen molar-refractivity contribution in [2.45, 2.75) is 63.4 Å². The Morgan fingerprint density at radius 3 is 2.56 bits per heavy atom. The van der Waals surface area contributed by atoms with Crippen molar-refractivity contribution in [1.29, 1.82) is 0 Å². The molecule has 0 unspecified atom stereocenters. The molecule has 5 heterocycles. The maximum Gasteiger partial charge on any atom is 0.220 e. The first kappa shape index (κ1) is 34.2. The third kappa shape index (κ3) is 7.01. The van der Waals surface area contributed by atoms with Gasteiger partial charge in [-0.25, -0.2) is 9.97 Å². The first-order valence-corrected chi connectivity index (χ1v) is 17.4. The minimum atomic E-state index is -0.591. The highest BCUT2D eigenvalue weighted by molar-refractivity contribution is 6.39.